The minimum atomic E-state index is 0.471. The highest BCUT2D eigenvalue weighted by molar-refractivity contribution is 4.74. The first kappa shape index (κ1) is 8.02. The molecule has 1 aliphatic carbocycles. The van der Waals surface area contributed by atoms with Gasteiger partial charge in [-0.1, -0.05) is 6.42 Å². The molecule has 1 fully saturated rings. The topological polar surface area (TPSA) is 38.0 Å². The van der Waals surface area contributed by atoms with Gasteiger partial charge in [0.1, 0.15) is 0 Å². The third kappa shape index (κ3) is 2.27. The monoisotopic (exact) mass is 142 g/mol. The van der Waals surface area contributed by atoms with E-state index in [0.29, 0.717) is 6.04 Å². The molecule has 0 aromatic heterocycles. The first-order valence-corrected chi connectivity index (χ1v) is 4.26. The highest BCUT2D eigenvalue weighted by atomic mass is 14.9. The average Bonchev–Trinajstić information content (AvgIpc) is 2.14. The quantitative estimate of drug-likeness (QED) is 0.533. The summed E-state index contributed by atoms with van der Waals surface area (Å²) in [5.41, 5.74) is 5.82. The van der Waals surface area contributed by atoms with Crippen LogP contribution in [0.5, 0.6) is 0 Å². The van der Waals surface area contributed by atoms with Crippen molar-refractivity contribution in [2.75, 3.05) is 7.05 Å². The van der Waals surface area contributed by atoms with Crippen LogP contribution in [0.15, 0.2) is 0 Å². The summed E-state index contributed by atoms with van der Waals surface area (Å²) in [6.45, 7) is 0. The summed E-state index contributed by atoms with van der Waals surface area (Å²) < 4.78 is 0. The van der Waals surface area contributed by atoms with Crippen molar-refractivity contribution in [2.24, 2.45) is 5.73 Å². The fourth-order valence-corrected chi connectivity index (χ4v) is 1.62. The average molecular weight is 142 g/mol. The molecule has 60 valence electrons. The SMILES string of the molecule is CNC1CCCC(N)CC1. The normalized spacial score (nSPS) is 35.4. The van der Waals surface area contributed by atoms with Crippen LogP contribution in [0.25, 0.3) is 0 Å². The first-order chi connectivity index (χ1) is 4.83. The predicted molar refractivity (Wildman–Crippen MR) is 43.9 cm³/mol. The molecule has 0 saturated heterocycles. The Morgan fingerprint density at radius 3 is 2.70 bits per heavy atom. The Morgan fingerprint density at radius 2 is 2.00 bits per heavy atom. The summed E-state index contributed by atoms with van der Waals surface area (Å²) in [6.07, 6.45) is 6.29. The van der Waals surface area contributed by atoms with Crippen molar-refractivity contribution in [3.63, 3.8) is 0 Å². The standard InChI is InChI=1S/C8H18N2/c1-10-8-4-2-3-7(9)5-6-8/h7-8,10H,2-6,9H2,1H3. The Labute approximate surface area is 63.2 Å². The van der Waals surface area contributed by atoms with E-state index in [2.05, 4.69) is 5.32 Å². The third-order valence-electron chi connectivity index (χ3n) is 2.42. The van der Waals surface area contributed by atoms with Crippen LogP contribution in [-0.4, -0.2) is 19.1 Å². The Balaban J connectivity index is 2.26. The molecule has 0 aromatic rings. The molecule has 10 heavy (non-hydrogen) atoms. The lowest BCUT2D eigenvalue weighted by Gasteiger charge is -2.11. The molecule has 2 atom stereocenters. The van der Waals surface area contributed by atoms with Crippen molar-refractivity contribution in [1.29, 1.82) is 0 Å². The van der Waals surface area contributed by atoms with Crippen molar-refractivity contribution in [3.05, 3.63) is 0 Å². The number of hydrogen-bond acceptors (Lipinski definition) is 2. The van der Waals surface area contributed by atoms with Crippen LogP contribution in [0.3, 0.4) is 0 Å². The summed E-state index contributed by atoms with van der Waals surface area (Å²) in [4.78, 5) is 0. The zero-order valence-corrected chi connectivity index (χ0v) is 6.77. The molecule has 0 radical (unpaired) electrons. The van der Waals surface area contributed by atoms with Gasteiger partial charge >= 0.3 is 0 Å². The Bertz CT molecular complexity index is 93.3. The fraction of sp³-hybridized carbons (Fsp3) is 1.00. The third-order valence-corrected chi connectivity index (χ3v) is 2.42. The zero-order valence-electron chi connectivity index (χ0n) is 6.77. The molecular formula is C8H18N2. The van der Waals surface area contributed by atoms with E-state index in [1.54, 1.807) is 0 Å². The molecule has 0 bridgehead atoms. The van der Waals surface area contributed by atoms with Crippen LogP contribution in [0.4, 0.5) is 0 Å². The molecule has 1 aliphatic rings. The summed E-state index contributed by atoms with van der Waals surface area (Å²) in [6, 6.07) is 1.20. The van der Waals surface area contributed by atoms with Crippen molar-refractivity contribution < 1.29 is 0 Å². The molecule has 2 unspecified atom stereocenters. The smallest absolute Gasteiger partial charge is 0.00646 e. The van der Waals surface area contributed by atoms with E-state index in [0.717, 1.165) is 6.04 Å². The van der Waals surface area contributed by atoms with E-state index in [9.17, 15) is 0 Å². The van der Waals surface area contributed by atoms with E-state index in [1.807, 2.05) is 7.05 Å². The molecule has 2 heteroatoms. The van der Waals surface area contributed by atoms with Crippen LogP contribution in [0.1, 0.15) is 32.1 Å². The summed E-state index contributed by atoms with van der Waals surface area (Å²) in [5.74, 6) is 0. The predicted octanol–water partition coefficient (Wildman–Crippen LogP) is 0.866. The highest BCUT2D eigenvalue weighted by Crippen LogP contribution is 2.15. The Hall–Kier alpha value is -0.0800. The molecule has 0 heterocycles. The van der Waals surface area contributed by atoms with Gasteiger partial charge in [-0.05, 0) is 32.7 Å². The van der Waals surface area contributed by atoms with Crippen molar-refractivity contribution in [3.8, 4) is 0 Å². The maximum atomic E-state index is 5.82. The van der Waals surface area contributed by atoms with Crippen molar-refractivity contribution in [1.82, 2.24) is 5.32 Å². The molecule has 1 saturated carbocycles. The van der Waals surface area contributed by atoms with Gasteiger partial charge in [0.2, 0.25) is 0 Å². The van der Waals surface area contributed by atoms with Gasteiger partial charge in [0, 0.05) is 12.1 Å². The van der Waals surface area contributed by atoms with Gasteiger partial charge < -0.3 is 11.1 Å². The van der Waals surface area contributed by atoms with Crippen LogP contribution in [0, 0.1) is 0 Å². The maximum absolute atomic E-state index is 5.82. The van der Waals surface area contributed by atoms with Gasteiger partial charge in [-0.2, -0.15) is 0 Å². The van der Waals surface area contributed by atoms with Gasteiger partial charge in [0.15, 0.2) is 0 Å². The Kier molecular flexibility index (Phi) is 3.16. The van der Waals surface area contributed by atoms with Crippen LogP contribution < -0.4 is 11.1 Å². The number of rotatable bonds is 1. The molecule has 0 amide bonds. The largest absolute Gasteiger partial charge is 0.328 e. The van der Waals surface area contributed by atoms with E-state index >= 15 is 0 Å². The van der Waals surface area contributed by atoms with Gasteiger partial charge in [-0.15, -0.1) is 0 Å². The lowest BCUT2D eigenvalue weighted by atomic mass is 10.1. The van der Waals surface area contributed by atoms with Gasteiger partial charge in [0.05, 0.1) is 0 Å². The summed E-state index contributed by atoms with van der Waals surface area (Å²) >= 11 is 0. The van der Waals surface area contributed by atoms with Crippen LogP contribution in [-0.2, 0) is 0 Å². The molecule has 0 aromatic carbocycles. The minimum absolute atomic E-state index is 0.471. The van der Waals surface area contributed by atoms with E-state index in [4.69, 9.17) is 5.73 Å². The minimum Gasteiger partial charge on any atom is -0.328 e. The number of nitrogens with two attached hydrogens (primary N) is 1. The van der Waals surface area contributed by atoms with Crippen LogP contribution >= 0.6 is 0 Å². The second-order valence-corrected chi connectivity index (χ2v) is 3.25. The lowest BCUT2D eigenvalue weighted by Crippen LogP contribution is -2.25. The van der Waals surface area contributed by atoms with Crippen molar-refractivity contribution >= 4 is 0 Å². The zero-order chi connectivity index (χ0) is 7.40. The number of nitrogens with one attached hydrogen (secondary N) is 1. The summed E-state index contributed by atoms with van der Waals surface area (Å²) in [5, 5.41) is 3.31. The van der Waals surface area contributed by atoms with E-state index in [-0.39, 0.29) is 0 Å². The highest BCUT2D eigenvalue weighted by Gasteiger charge is 2.13. The molecule has 3 N–H and O–H groups in total. The molecular weight excluding hydrogens is 124 g/mol. The maximum Gasteiger partial charge on any atom is 0.00646 e. The Morgan fingerprint density at radius 1 is 1.20 bits per heavy atom. The van der Waals surface area contributed by atoms with Gasteiger partial charge in [-0.25, -0.2) is 0 Å². The molecule has 0 aliphatic heterocycles. The van der Waals surface area contributed by atoms with Crippen LogP contribution in [0.2, 0.25) is 0 Å². The summed E-state index contributed by atoms with van der Waals surface area (Å²) in [7, 11) is 2.04. The lowest BCUT2D eigenvalue weighted by molar-refractivity contribution is 0.494. The van der Waals surface area contributed by atoms with Gasteiger partial charge in [0.25, 0.3) is 0 Å². The first-order valence-electron chi connectivity index (χ1n) is 4.26. The second kappa shape index (κ2) is 3.94. The molecule has 1 rings (SSSR count). The van der Waals surface area contributed by atoms with Gasteiger partial charge in [-0.3, -0.25) is 0 Å². The fourth-order valence-electron chi connectivity index (χ4n) is 1.62. The molecule has 2 nitrogen and oxygen atoms in total. The van der Waals surface area contributed by atoms with E-state index in [1.165, 1.54) is 32.1 Å². The molecule has 0 spiro atoms. The number of hydrogen-bond donors (Lipinski definition) is 2. The van der Waals surface area contributed by atoms with Crippen molar-refractivity contribution in [2.45, 2.75) is 44.2 Å². The van der Waals surface area contributed by atoms with E-state index < -0.39 is 0 Å². The second-order valence-electron chi connectivity index (χ2n) is 3.25.